The van der Waals surface area contributed by atoms with Crippen molar-refractivity contribution in [2.75, 3.05) is 0 Å². The first-order valence-corrected chi connectivity index (χ1v) is 6.43. The third-order valence-corrected chi connectivity index (χ3v) is 3.54. The molecule has 0 aliphatic carbocycles. The molecule has 0 saturated heterocycles. The lowest BCUT2D eigenvalue weighted by atomic mass is 10.1. The summed E-state index contributed by atoms with van der Waals surface area (Å²) in [6.45, 7) is 0.0571. The van der Waals surface area contributed by atoms with E-state index in [-0.39, 0.29) is 23.2 Å². The number of hydrogen-bond acceptors (Lipinski definition) is 3. The van der Waals surface area contributed by atoms with E-state index >= 15 is 0 Å². The predicted molar refractivity (Wildman–Crippen MR) is 65.4 cm³/mol. The van der Waals surface area contributed by atoms with Crippen molar-refractivity contribution in [3.8, 4) is 10.6 Å². The summed E-state index contributed by atoms with van der Waals surface area (Å²) in [7, 11) is 0. The van der Waals surface area contributed by atoms with Gasteiger partial charge in [0, 0.05) is 17.5 Å². The third kappa shape index (κ3) is 3.53. The van der Waals surface area contributed by atoms with Crippen molar-refractivity contribution in [3.05, 3.63) is 40.4 Å². The van der Waals surface area contributed by atoms with Gasteiger partial charge in [-0.2, -0.15) is 26.3 Å². The van der Waals surface area contributed by atoms with E-state index in [0.717, 1.165) is 11.3 Å². The summed E-state index contributed by atoms with van der Waals surface area (Å²) in [6.07, 6.45) is -9.74. The molecule has 0 bridgehead atoms. The fourth-order valence-corrected chi connectivity index (χ4v) is 2.43. The highest BCUT2D eigenvalue weighted by molar-refractivity contribution is 7.13. The highest BCUT2D eigenvalue weighted by Gasteiger charge is 2.37. The second-order valence-corrected chi connectivity index (χ2v) is 5.00. The Labute approximate surface area is 119 Å². The Morgan fingerprint density at radius 1 is 0.952 bits per heavy atom. The molecule has 9 heteroatoms. The Bertz CT molecular complexity index is 612. The van der Waals surface area contributed by atoms with Crippen LogP contribution in [0.15, 0.2) is 23.6 Å². The van der Waals surface area contributed by atoms with E-state index < -0.39 is 23.5 Å². The van der Waals surface area contributed by atoms with E-state index in [0.29, 0.717) is 17.8 Å². The molecule has 114 valence electrons. The molecule has 1 aromatic heterocycles. The van der Waals surface area contributed by atoms with E-state index in [1.54, 1.807) is 0 Å². The molecule has 0 saturated carbocycles. The summed E-state index contributed by atoms with van der Waals surface area (Å²) in [5.74, 6) is 0. The van der Waals surface area contributed by atoms with Crippen molar-refractivity contribution < 1.29 is 26.3 Å². The maximum Gasteiger partial charge on any atom is 0.416 e. The van der Waals surface area contributed by atoms with Gasteiger partial charge >= 0.3 is 12.4 Å². The van der Waals surface area contributed by atoms with Crippen molar-refractivity contribution in [1.29, 1.82) is 0 Å². The van der Waals surface area contributed by atoms with Crippen molar-refractivity contribution in [3.63, 3.8) is 0 Å². The molecular formula is C12H8F6N2S. The van der Waals surface area contributed by atoms with E-state index in [1.807, 2.05) is 0 Å². The molecule has 21 heavy (non-hydrogen) atoms. The number of hydrogen-bond donors (Lipinski definition) is 1. The van der Waals surface area contributed by atoms with Gasteiger partial charge in [0.1, 0.15) is 5.01 Å². The van der Waals surface area contributed by atoms with Crippen LogP contribution in [0, 0.1) is 0 Å². The molecule has 0 fully saturated rings. The first kappa shape index (κ1) is 15.8. The van der Waals surface area contributed by atoms with Gasteiger partial charge < -0.3 is 5.73 Å². The third-order valence-electron chi connectivity index (χ3n) is 2.60. The molecule has 0 spiro atoms. The number of alkyl halides is 6. The number of aromatic nitrogens is 1. The number of halogens is 6. The van der Waals surface area contributed by atoms with Gasteiger partial charge in [0.05, 0.1) is 16.8 Å². The number of rotatable bonds is 2. The SMILES string of the molecule is NCc1csc(-c2cc(C(F)(F)F)cc(C(F)(F)F)c2)n1. The van der Waals surface area contributed by atoms with Crippen molar-refractivity contribution in [2.24, 2.45) is 5.73 Å². The molecule has 1 aromatic carbocycles. The van der Waals surface area contributed by atoms with Gasteiger partial charge in [-0.3, -0.25) is 0 Å². The normalized spacial score (nSPS) is 12.7. The predicted octanol–water partition coefficient (Wildman–Crippen LogP) is 4.31. The van der Waals surface area contributed by atoms with Crippen LogP contribution in [-0.4, -0.2) is 4.98 Å². The van der Waals surface area contributed by atoms with Crippen LogP contribution in [-0.2, 0) is 18.9 Å². The highest BCUT2D eigenvalue weighted by Crippen LogP contribution is 2.39. The molecule has 1 heterocycles. The topological polar surface area (TPSA) is 38.9 Å². The first-order valence-electron chi connectivity index (χ1n) is 5.55. The minimum Gasteiger partial charge on any atom is -0.325 e. The van der Waals surface area contributed by atoms with Crippen molar-refractivity contribution in [1.82, 2.24) is 4.98 Å². The maximum atomic E-state index is 12.7. The van der Waals surface area contributed by atoms with Crippen LogP contribution in [0.5, 0.6) is 0 Å². The fraction of sp³-hybridized carbons (Fsp3) is 0.250. The van der Waals surface area contributed by atoms with E-state index in [9.17, 15) is 26.3 Å². The van der Waals surface area contributed by atoms with Gasteiger partial charge in [-0.15, -0.1) is 11.3 Å². The monoisotopic (exact) mass is 326 g/mol. The maximum absolute atomic E-state index is 12.7. The number of nitrogens with two attached hydrogens (primary N) is 1. The second kappa shape index (κ2) is 5.30. The summed E-state index contributed by atoms with van der Waals surface area (Å²) >= 11 is 0.940. The molecular weight excluding hydrogens is 318 g/mol. The minimum absolute atomic E-state index is 0.0571. The Morgan fingerprint density at radius 2 is 1.48 bits per heavy atom. The Balaban J connectivity index is 2.60. The smallest absolute Gasteiger partial charge is 0.325 e. The lowest BCUT2D eigenvalue weighted by Crippen LogP contribution is -2.11. The van der Waals surface area contributed by atoms with Crippen LogP contribution in [0.25, 0.3) is 10.6 Å². The Kier molecular flexibility index (Phi) is 3.98. The number of nitrogens with zero attached hydrogens (tertiary/aromatic N) is 1. The zero-order valence-electron chi connectivity index (χ0n) is 10.2. The number of benzene rings is 1. The Morgan fingerprint density at radius 3 is 1.86 bits per heavy atom. The number of thiazole rings is 1. The summed E-state index contributed by atoms with van der Waals surface area (Å²) in [4.78, 5) is 3.90. The molecule has 2 aromatic rings. The van der Waals surface area contributed by atoms with Crippen LogP contribution in [0.1, 0.15) is 16.8 Å². The van der Waals surface area contributed by atoms with Crippen LogP contribution < -0.4 is 5.73 Å². The lowest BCUT2D eigenvalue weighted by Gasteiger charge is -2.13. The molecule has 0 aliphatic rings. The zero-order chi connectivity index (χ0) is 15.8. The van der Waals surface area contributed by atoms with Crippen molar-refractivity contribution in [2.45, 2.75) is 18.9 Å². The van der Waals surface area contributed by atoms with Crippen LogP contribution in [0.4, 0.5) is 26.3 Å². The van der Waals surface area contributed by atoms with Crippen LogP contribution in [0.3, 0.4) is 0 Å². The average molecular weight is 326 g/mol. The molecule has 2 N–H and O–H groups in total. The van der Waals surface area contributed by atoms with Gasteiger partial charge in [-0.05, 0) is 18.2 Å². The minimum atomic E-state index is -4.87. The zero-order valence-corrected chi connectivity index (χ0v) is 11.0. The molecule has 0 aliphatic heterocycles. The lowest BCUT2D eigenvalue weighted by molar-refractivity contribution is -0.143. The quantitative estimate of drug-likeness (QED) is 0.836. The van der Waals surface area contributed by atoms with Gasteiger partial charge in [0.25, 0.3) is 0 Å². The summed E-state index contributed by atoms with van der Waals surface area (Å²) < 4.78 is 76.3. The highest BCUT2D eigenvalue weighted by atomic mass is 32.1. The molecule has 0 radical (unpaired) electrons. The van der Waals surface area contributed by atoms with E-state index in [4.69, 9.17) is 5.73 Å². The largest absolute Gasteiger partial charge is 0.416 e. The first-order chi connectivity index (χ1) is 9.61. The summed E-state index contributed by atoms with van der Waals surface area (Å²) in [5.41, 5.74) is 2.76. The fourth-order valence-electron chi connectivity index (χ4n) is 1.61. The summed E-state index contributed by atoms with van der Waals surface area (Å²) in [5, 5.41) is 1.55. The molecule has 0 atom stereocenters. The van der Waals surface area contributed by atoms with Crippen LogP contribution in [0.2, 0.25) is 0 Å². The average Bonchev–Trinajstić information content (AvgIpc) is 2.85. The van der Waals surface area contributed by atoms with Gasteiger partial charge in [-0.25, -0.2) is 4.98 Å². The van der Waals surface area contributed by atoms with Crippen LogP contribution >= 0.6 is 11.3 Å². The Hall–Kier alpha value is -1.61. The van der Waals surface area contributed by atoms with E-state index in [1.165, 1.54) is 5.38 Å². The molecule has 2 nitrogen and oxygen atoms in total. The van der Waals surface area contributed by atoms with Gasteiger partial charge in [0.15, 0.2) is 0 Å². The van der Waals surface area contributed by atoms with Crippen molar-refractivity contribution >= 4 is 11.3 Å². The van der Waals surface area contributed by atoms with Gasteiger partial charge in [0.2, 0.25) is 0 Å². The molecule has 0 amide bonds. The molecule has 2 rings (SSSR count). The molecule has 0 unspecified atom stereocenters. The standard InChI is InChI=1S/C12H8F6N2S/c13-11(14,15)7-1-6(2-8(3-7)12(16,17)18)10-20-9(4-19)5-21-10/h1-3,5H,4,19H2. The second-order valence-electron chi connectivity index (χ2n) is 4.14. The van der Waals surface area contributed by atoms with Gasteiger partial charge in [-0.1, -0.05) is 0 Å². The van der Waals surface area contributed by atoms with E-state index in [2.05, 4.69) is 4.98 Å². The summed E-state index contributed by atoms with van der Waals surface area (Å²) in [6, 6.07) is 1.38.